The Labute approximate surface area is 99.8 Å². The molecule has 1 aromatic carbocycles. The molecule has 0 saturated heterocycles. The first kappa shape index (κ1) is 11.9. The maximum Gasteiger partial charge on any atom is 0.292 e. The Bertz CT molecular complexity index is 416. The third kappa shape index (κ3) is 2.55. The van der Waals surface area contributed by atoms with Crippen molar-refractivity contribution in [2.75, 3.05) is 18.5 Å². The van der Waals surface area contributed by atoms with E-state index < -0.39 is 0 Å². The molecule has 5 heteroatoms. The molecule has 1 aliphatic rings. The summed E-state index contributed by atoms with van der Waals surface area (Å²) in [6, 6.07) is 6.74. The fraction of sp³-hybridized carbons (Fsp3) is 0.500. The number of nitrogens with zero attached hydrogens (tertiary/aromatic N) is 2. The summed E-state index contributed by atoms with van der Waals surface area (Å²) in [6.07, 6.45) is 1.41. The van der Waals surface area contributed by atoms with Gasteiger partial charge in [0.25, 0.3) is 5.69 Å². The third-order valence-electron chi connectivity index (χ3n) is 3.23. The molecule has 1 saturated carbocycles. The van der Waals surface area contributed by atoms with Gasteiger partial charge in [0.2, 0.25) is 0 Å². The molecule has 5 nitrogen and oxygen atoms in total. The molecule has 0 aromatic heterocycles. The van der Waals surface area contributed by atoms with Crippen LogP contribution in [0.3, 0.4) is 0 Å². The average Bonchev–Trinajstić information content (AvgIpc) is 2.27. The van der Waals surface area contributed by atoms with E-state index in [9.17, 15) is 15.2 Å². The molecule has 0 heterocycles. The van der Waals surface area contributed by atoms with E-state index in [1.54, 1.807) is 18.2 Å². The van der Waals surface area contributed by atoms with E-state index in [-0.39, 0.29) is 16.7 Å². The van der Waals surface area contributed by atoms with Crippen molar-refractivity contribution in [1.82, 2.24) is 0 Å². The predicted octanol–water partition coefficient (Wildman–Crippen LogP) is 1.80. The number of nitro groups is 1. The summed E-state index contributed by atoms with van der Waals surface area (Å²) in [5.74, 6) is 0.440. The number of aliphatic hydroxyl groups is 1. The lowest BCUT2D eigenvalue weighted by Crippen LogP contribution is -2.37. The summed E-state index contributed by atoms with van der Waals surface area (Å²) in [6.45, 7) is 0.752. The zero-order valence-corrected chi connectivity index (χ0v) is 9.74. The minimum absolute atomic E-state index is 0.134. The number of hydrogen-bond donors (Lipinski definition) is 1. The lowest BCUT2D eigenvalue weighted by atomic mass is 9.82. The zero-order chi connectivity index (χ0) is 12.4. The topological polar surface area (TPSA) is 66.6 Å². The van der Waals surface area contributed by atoms with Gasteiger partial charge in [0.05, 0.1) is 11.0 Å². The Morgan fingerprint density at radius 2 is 2.12 bits per heavy atom. The molecule has 1 N–H and O–H groups in total. The smallest absolute Gasteiger partial charge is 0.292 e. The van der Waals surface area contributed by atoms with Crippen molar-refractivity contribution < 1.29 is 10.0 Å². The van der Waals surface area contributed by atoms with E-state index in [2.05, 4.69) is 0 Å². The Balaban J connectivity index is 2.08. The minimum atomic E-state index is -0.360. The summed E-state index contributed by atoms with van der Waals surface area (Å²) in [4.78, 5) is 12.4. The fourth-order valence-corrected chi connectivity index (χ4v) is 2.28. The highest BCUT2D eigenvalue weighted by atomic mass is 16.6. The van der Waals surface area contributed by atoms with Crippen LogP contribution in [-0.2, 0) is 0 Å². The van der Waals surface area contributed by atoms with Crippen molar-refractivity contribution in [2.24, 2.45) is 5.92 Å². The van der Waals surface area contributed by atoms with Gasteiger partial charge in [-0.25, -0.2) is 0 Å². The summed E-state index contributed by atoms with van der Waals surface area (Å²) >= 11 is 0. The molecule has 0 aliphatic heterocycles. The van der Waals surface area contributed by atoms with Crippen LogP contribution in [0.25, 0.3) is 0 Å². The summed E-state index contributed by atoms with van der Waals surface area (Å²) in [7, 11) is 1.85. The molecule has 0 spiro atoms. The first-order chi connectivity index (χ1) is 8.08. The van der Waals surface area contributed by atoms with Crippen LogP contribution in [0.1, 0.15) is 12.8 Å². The first-order valence-electron chi connectivity index (χ1n) is 5.70. The molecular formula is C12H16N2O3. The highest BCUT2D eigenvalue weighted by molar-refractivity contribution is 5.62. The molecule has 1 aromatic rings. The molecule has 1 aliphatic carbocycles. The van der Waals surface area contributed by atoms with Gasteiger partial charge in [-0.2, -0.15) is 0 Å². The van der Waals surface area contributed by atoms with Crippen LogP contribution in [0.5, 0.6) is 0 Å². The molecule has 0 bridgehead atoms. The number of para-hydroxylation sites is 2. The predicted molar refractivity (Wildman–Crippen MR) is 65.1 cm³/mol. The number of benzene rings is 1. The summed E-state index contributed by atoms with van der Waals surface area (Å²) in [5.41, 5.74) is 0.772. The second kappa shape index (κ2) is 4.71. The van der Waals surface area contributed by atoms with Crippen LogP contribution >= 0.6 is 0 Å². The van der Waals surface area contributed by atoms with Gasteiger partial charge >= 0.3 is 0 Å². The van der Waals surface area contributed by atoms with Crippen LogP contribution in [0.2, 0.25) is 0 Å². The van der Waals surface area contributed by atoms with Gasteiger partial charge < -0.3 is 10.0 Å². The monoisotopic (exact) mass is 236 g/mol. The van der Waals surface area contributed by atoms with Crippen molar-refractivity contribution in [1.29, 1.82) is 0 Å². The van der Waals surface area contributed by atoms with Crippen LogP contribution in [0, 0.1) is 16.0 Å². The van der Waals surface area contributed by atoms with Gasteiger partial charge in [-0.3, -0.25) is 10.1 Å². The van der Waals surface area contributed by atoms with E-state index in [0.717, 1.165) is 19.4 Å². The quantitative estimate of drug-likeness (QED) is 0.639. The van der Waals surface area contributed by atoms with E-state index >= 15 is 0 Å². The number of anilines is 1. The first-order valence-corrected chi connectivity index (χ1v) is 5.70. The Morgan fingerprint density at radius 3 is 2.71 bits per heavy atom. The number of aliphatic hydroxyl groups excluding tert-OH is 1. The Morgan fingerprint density at radius 1 is 1.47 bits per heavy atom. The molecule has 1 fully saturated rings. The molecular weight excluding hydrogens is 220 g/mol. The lowest BCUT2D eigenvalue weighted by Gasteiger charge is -2.35. The maximum atomic E-state index is 10.9. The van der Waals surface area contributed by atoms with Gasteiger partial charge in [0.1, 0.15) is 5.69 Å². The number of rotatable bonds is 4. The maximum absolute atomic E-state index is 10.9. The van der Waals surface area contributed by atoms with Crippen molar-refractivity contribution in [3.63, 3.8) is 0 Å². The molecule has 0 unspecified atom stereocenters. The van der Waals surface area contributed by atoms with E-state index in [1.165, 1.54) is 6.07 Å². The third-order valence-corrected chi connectivity index (χ3v) is 3.23. The second-order valence-electron chi connectivity index (χ2n) is 4.62. The Kier molecular flexibility index (Phi) is 3.28. The summed E-state index contributed by atoms with van der Waals surface area (Å²) in [5, 5.41) is 20.1. The molecule has 92 valence electrons. The van der Waals surface area contributed by atoms with Gasteiger partial charge in [0, 0.05) is 19.7 Å². The molecule has 2 rings (SSSR count). The van der Waals surface area contributed by atoms with Gasteiger partial charge in [-0.1, -0.05) is 12.1 Å². The minimum Gasteiger partial charge on any atom is -0.393 e. The van der Waals surface area contributed by atoms with Crippen molar-refractivity contribution in [3.8, 4) is 0 Å². The SMILES string of the molecule is CN(CC1CC(O)C1)c1ccccc1[N+](=O)[O-]. The van der Waals surface area contributed by atoms with E-state index in [1.807, 2.05) is 11.9 Å². The van der Waals surface area contributed by atoms with Crippen LogP contribution < -0.4 is 4.90 Å². The molecule has 0 amide bonds. The molecule has 0 atom stereocenters. The number of hydrogen-bond acceptors (Lipinski definition) is 4. The Hall–Kier alpha value is -1.62. The molecule has 0 radical (unpaired) electrons. The normalized spacial score (nSPS) is 22.9. The fourth-order valence-electron chi connectivity index (χ4n) is 2.28. The van der Waals surface area contributed by atoms with Crippen molar-refractivity contribution in [3.05, 3.63) is 34.4 Å². The van der Waals surface area contributed by atoms with Crippen molar-refractivity contribution >= 4 is 11.4 Å². The van der Waals surface area contributed by atoms with Crippen molar-refractivity contribution in [2.45, 2.75) is 18.9 Å². The van der Waals surface area contributed by atoms with Gasteiger partial charge in [-0.05, 0) is 24.8 Å². The van der Waals surface area contributed by atoms with Gasteiger partial charge in [-0.15, -0.1) is 0 Å². The standard InChI is InChI=1S/C12H16N2O3/c1-13(8-9-6-10(15)7-9)11-4-2-3-5-12(11)14(16)17/h2-5,9-10,15H,6-8H2,1H3. The van der Waals surface area contributed by atoms with Crippen LogP contribution in [0.15, 0.2) is 24.3 Å². The average molecular weight is 236 g/mol. The zero-order valence-electron chi connectivity index (χ0n) is 9.74. The highest BCUT2D eigenvalue weighted by Crippen LogP contribution is 2.32. The van der Waals surface area contributed by atoms with E-state index in [0.29, 0.717) is 11.6 Å². The van der Waals surface area contributed by atoms with Crippen LogP contribution in [0.4, 0.5) is 11.4 Å². The largest absolute Gasteiger partial charge is 0.393 e. The molecule has 17 heavy (non-hydrogen) atoms. The second-order valence-corrected chi connectivity index (χ2v) is 4.62. The van der Waals surface area contributed by atoms with Gasteiger partial charge in [0.15, 0.2) is 0 Å². The van der Waals surface area contributed by atoms with Crippen LogP contribution in [-0.4, -0.2) is 29.7 Å². The highest BCUT2D eigenvalue weighted by Gasteiger charge is 2.29. The lowest BCUT2D eigenvalue weighted by molar-refractivity contribution is -0.384. The number of nitro benzene ring substituents is 1. The summed E-state index contributed by atoms with van der Waals surface area (Å²) < 4.78 is 0. The van der Waals surface area contributed by atoms with E-state index in [4.69, 9.17) is 0 Å².